The van der Waals surface area contributed by atoms with Gasteiger partial charge in [-0.3, -0.25) is 4.79 Å². The van der Waals surface area contributed by atoms with E-state index < -0.39 is 0 Å². The minimum absolute atomic E-state index is 0.0994. The molecule has 0 unspecified atom stereocenters. The zero-order valence-electron chi connectivity index (χ0n) is 16.3. The molecule has 0 aliphatic carbocycles. The second-order valence-electron chi connectivity index (χ2n) is 6.29. The third-order valence-corrected chi connectivity index (χ3v) is 4.99. The minimum Gasteiger partial charge on any atom is -0.436 e. The van der Waals surface area contributed by atoms with Gasteiger partial charge in [0.15, 0.2) is 0 Å². The summed E-state index contributed by atoms with van der Waals surface area (Å²) < 4.78 is 5.80. The van der Waals surface area contributed by atoms with Crippen LogP contribution in [-0.2, 0) is 0 Å². The van der Waals surface area contributed by atoms with Crippen molar-refractivity contribution in [1.82, 2.24) is 9.97 Å². The van der Waals surface area contributed by atoms with E-state index in [0.717, 1.165) is 17.9 Å². The molecule has 0 radical (unpaired) electrons. The first-order valence-electron chi connectivity index (χ1n) is 8.93. The molecule has 0 fully saturated rings. The summed E-state index contributed by atoms with van der Waals surface area (Å²) in [6, 6.07) is 12.5. The number of hydrogen-bond donors (Lipinski definition) is 0. The summed E-state index contributed by atoms with van der Waals surface area (Å²) >= 11 is 12.2. The quantitative estimate of drug-likeness (QED) is 0.530. The van der Waals surface area contributed by atoms with Gasteiger partial charge in [0.05, 0.1) is 16.4 Å². The number of carbonyl (C=O) groups excluding carboxylic acids is 1. The van der Waals surface area contributed by atoms with Crippen LogP contribution >= 0.6 is 23.2 Å². The number of benzene rings is 2. The average molecular weight is 431 g/mol. The van der Waals surface area contributed by atoms with Crippen molar-refractivity contribution in [2.45, 2.75) is 6.92 Å². The average Bonchev–Trinajstić information content (AvgIpc) is 2.75. The lowest BCUT2D eigenvalue weighted by Gasteiger charge is -2.26. The van der Waals surface area contributed by atoms with Gasteiger partial charge in [0.2, 0.25) is 5.88 Å². The van der Waals surface area contributed by atoms with E-state index in [9.17, 15) is 4.79 Å². The van der Waals surface area contributed by atoms with Gasteiger partial charge in [-0.05, 0) is 31.2 Å². The first-order chi connectivity index (χ1) is 13.9. The fraction of sp³-hybridized carbons (Fsp3) is 0.190. The number of ether oxygens (including phenoxy) is 1. The van der Waals surface area contributed by atoms with Crippen LogP contribution in [0.25, 0.3) is 0 Å². The lowest BCUT2D eigenvalue weighted by atomic mass is 10.2. The molecule has 0 atom stereocenters. The van der Waals surface area contributed by atoms with Crippen molar-refractivity contribution in [3.8, 4) is 11.6 Å². The highest BCUT2D eigenvalue weighted by Gasteiger charge is 2.23. The molecule has 150 valence electrons. The molecule has 0 aliphatic heterocycles. The van der Waals surface area contributed by atoms with Crippen LogP contribution in [0.3, 0.4) is 0 Å². The molecule has 0 saturated heterocycles. The number of hydrogen-bond acceptors (Lipinski definition) is 5. The van der Waals surface area contributed by atoms with Crippen LogP contribution < -0.4 is 14.5 Å². The lowest BCUT2D eigenvalue weighted by Crippen LogP contribution is -2.29. The van der Waals surface area contributed by atoms with Crippen LogP contribution in [0.4, 0.5) is 11.4 Å². The maximum Gasteiger partial charge on any atom is 0.265 e. The standard InChI is InChI=1S/C21H20Cl2N4O2/c1-4-26(2)17-7-5-6-8-18(17)27(3)21(28)15-12-24-13-25-20(15)29-19-11-14(22)9-10-16(19)23/h5-13H,4H2,1-3H3. The molecule has 1 heterocycles. The molecule has 0 aliphatic rings. The van der Waals surface area contributed by atoms with Crippen molar-refractivity contribution in [2.75, 3.05) is 30.4 Å². The van der Waals surface area contributed by atoms with Crippen LogP contribution in [-0.4, -0.2) is 36.5 Å². The van der Waals surface area contributed by atoms with Gasteiger partial charge in [-0.1, -0.05) is 35.3 Å². The monoisotopic (exact) mass is 430 g/mol. The van der Waals surface area contributed by atoms with E-state index in [2.05, 4.69) is 14.9 Å². The largest absolute Gasteiger partial charge is 0.436 e. The van der Waals surface area contributed by atoms with Crippen molar-refractivity contribution in [1.29, 1.82) is 0 Å². The Morgan fingerprint density at radius 2 is 1.83 bits per heavy atom. The second kappa shape index (κ2) is 9.11. The van der Waals surface area contributed by atoms with Gasteiger partial charge >= 0.3 is 0 Å². The summed E-state index contributed by atoms with van der Waals surface area (Å²) in [6.45, 7) is 2.85. The fourth-order valence-electron chi connectivity index (χ4n) is 2.74. The Kier molecular flexibility index (Phi) is 6.56. The van der Waals surface area contributed by atoms with Crippen LogP contribution in [0.1, 0.15) is 17.3 Å². The van der Waals surface area contributed by atoms with E-state index in [-0.39, 0.29) is 17.4 Å². The summed E-state index contributed by atoms with van der Waals surface area (Å²) in [5.74, 6) is 0.0960. The maximum atomic E-state index is 13.3. The third-order valence-electron chi connectivity index (χ3n) is 4.44. The van der Waals surface area contributed by atoms with Crippen molar-refractivity contribution in [3.05, 3.63) is 70.6 Å². The predicted molar refractivity (Wildman–Crippen MR) is 117 cm³/mol. The highest BCUT2D eigenvalue weighted by Crippen LogP contribution is 2.34. The Labute approximate surface area is 179 Å². The SMILES string of the molecule is CCN(C)c1ccccc1N(C)C(=O)c1cncnc1Oc1cc(Cl)ccc1Cl. The number of rotatable bonds is 6. The highest BCUT2D eigenvalue weighted by molar-refractivity contribution is 6.34. The number of para-hydroxylation sites is 2. The Bertz CT molecular complexity index is 1030. The summed E-state index contributed by atoms with van der Waals surface area (Å²) in [5, 5.41) is 0.815. The zero-order chi connectivity index (χ0) is 21.0. The van der Waals surface area contributed by atoms with E-state index in [4.69, 9.17) is 27.9 Å². The zero-order valence-corrected chi connectivity index (χ0v) is 17.8. The van der Waals surface area contributed by atoms with Crippen LogP contribution in [0.5, 0.6) is 11.6 Å². The van der Waals surface area contributed by atoms with Gasteiger partial charge in [0, 0.05) is 37.9 Å². The molecule has 8 heteroatoms. The molecule has 1 amide bonds. The lowest BCUT2D eigenvalue weighted by molar-refractivity contribution is 0.0989. The first-order valence-corrected chi connectivity index (χ1v) is 9.69. The number of amides is 1. The fourth-order valence-corrected chi connectivity index (χ4v) is 3.06. The van der Waals surface area contributed by atoms with Crippen molar-refractivity contribution in [3.63, 3.8) is 0 Å². The van der Waals surface area contributed by atoms with Crippen LogP contribution in [0, 0.1) is 0 Å². The Hall–Kier alpha value is -2.83. The Morgan fingerprint density at radius 1 is 1.10 bits per heavy atom. The summed E-state index contributed by atoms with van der Waals surface area (Å²) in [4.78, 5) is 25.0. The molecule has 1 aromatic heterocycles. The minimum atomic E-state index is -0.310. The van der Waals surface area contributed by atoms with Gasteiger partial charge in [0.25, 0.3) is 5.91 Å². The van der Waals surface area contributed by atoms with Crippen molar-refractivity contribution in [2.24, 2.45) is 0 Å². The number of halogens is 2. The number of aromatic nitrogens is 2. The molecule has 3 aromatic rings. The van der Waals surface area contributed by atoms with Gasteiger partial charge < -0.3 is 14.5 Å². The van der Waals surface area contributed by atoms with E-state index in [0.29, 0.717) is 15.8 Å². The number of anilines is 2. The second-order valence-corrected chi connectivity index (χ2v) is 7.13. The molecule has 0 saturated carbocycles. The van der Waals surface area contributed by atoms with Gasteiger partial charge in [-0.25, -0.2) is 9.97 Å². The van der Waals surface area contributed by atoms with Gasteiger partial charge in [-0.2, -0.15) is 0 Å². The molecular formula is C21H20Cl2N4O2. The normalized spacial score (nSPS) is 10.5. The smallest absolute Gasteiger partial charge is 0.265 e. The molecule has 0 N–H and O–H groups in total. The maximum absolute atomic E-state index is 13.3. The summed E-state index contributed by atoms with van der Waals surface area (Å²) in [5.41, 5.74) is 1.90. The molecule has 0 spiro atoms. The van der Waals surface area contributed by atoms with E-state index >= 15 is 0 Å². The van der Waals surface area contributed by atoms with E-state index in [1.807, 2.05) is 38.2 Å². The molecule has 3 rings (SSSR count). The van der Waals surface area contributed by atoms with Crippen LogP contribution in [0.15, 0.2) is 55.0 Å². The molecule has 29 heavy (non-hydrogen) atoms. The van der Waals surface area contributed by atoms with Crippen molar-refractivity contribution >= 4 is 40.5 Å². The van der Waals surface area contributed by atoms with Gasteiger partial charge in [-0.15, -0.1) is 0 Å². The summed E-state index contributed by atoms with van der Waals surface area (Å²) in [6.07, 6.45) is 2.73. The highest BCUT2D eigenvalue weighted by atomic mass is 35.5. The summed E-state index contributed by atoms with van der Waals surface area (Å²) in [7, 11) is 3.67. The van der Waals surface area contributed by atoms with Crippen molar-refractivity contribution < 1.29 is 9.53 Å². The molecule has 6 nitrogen and oxygen atoms in total. The number of nitrogens with zero attached hydrogens (tertiary/aromatic N) is 4. The Morgan fingerprint density at radius 3 is 2.55 bits per heavy atom. The molecule has 2 aromatic carbocycles. The number of carbonyl (C=O) groups is 1. The van der Waals surface area contributed by atoms with E-state index in [1.54, 1.807) is 30.1 Å². The van der Waals surface area contributed by atoms with Crippen LogP contribution in [0.2, 0.25) is 10.0 Å². The van der Waals surface area contributed by atoms with E-state index in [1.165, 1.54) is 12.5 Å². The predicted octanol–water partition coefficient (Wildman–Crippen LogP) is 5.31. The Balaban J connectivity index is 1.96. The molecule has 0 bridgehead atoms. The topological polar surface area (TPSA) is 58.6 Å². The molecular weight excluding hydrogens is 411 g/mol. The third kappa shape index (κ3) is 4.60. The first kappa shape index (κ1) is 20.9. The van der Waals surface area contributed by atoms with Gasteiger partial charge in [0.1, 0.15) is 17.6 Å².